The summed E-state index contributed by atoms with van der Waals surface area (Å²) >= 11 is 9.39. The summed E-state index contributed by atoms with van der Waals surface area (Å²) in [6.07, 6.45) is 1.52. The molecule has 2 aromatic rings. The van der Waals surface area contributed by atoms with Gasteiger partial charge in [0.25, 0.3) is 5.91 Å². The Balaban J connectivity index is 2.29. The molecule has 1 amide bonds. The third-order valence-electron chi connectivity index (χ3n) is 3.28. The lowest BCUT2D eigenvalue weighted by Crippen LogP contribution is -2.14. The lowest BCUT2D eigenvalue weighted by atomic mass is 10.1. The van der Waals surface area contributed by atoms with Gasteiger partial charge in [0.15, 0.2) is 0 Å². The number of nitrogens with zero attached hydrogens (tertiary/aromatic N) is 1. The molecule has 0 aliphatic rings. The molecule has 0 saturated carbocycles. The number of carbonyl (C=O) groups excluding carboxylic acids is 1. The Morgan fingerprint density at radius 3 is 2.58 bits per heavy atom. The molecule has 2 rings (SSSR count). The van der Waals surface area contributed by atoms with Crippen LogP contribution in [-0.2, 0) is 4.79 Å². The number of hydrogen-bond acceptors (Lipinski definition) is 3. The predicted octanol–water partition coefficient (Wildman–Crippen LogP) is 4.97. The summed E-state index contributed by atoms with van der Waals surface area (Å²) in [4.78, 5) is 12.4. The van der Waals surface area contributed by atoms with Gasteiger partial charge in [0, 0.05) is 15.6 Å². The highest BCUT2D eigenvalue weighted by Gasteiger charge is 2.14. The minimum Gasteiger partial charge on any atom is -0.495 e. The van der Waals surface area contributed by atoms with Crippen molar-refractivity contribution in [3.63, 3.8) is 0 Å². The van der Waals surface area contributed by atoms with Gasteiger partial charge in [-0.15, -0.1) is 0 Å². The SMILES string of the molecule is COc1cc(Cl)c(C)cc1NC(=O)/C(C#N)=C/c1ccc(Br)cc1. The van der Waals surface area contributed by atoms with Crippen LogP contribution in [0.3, 0.4) is 0 Å². The van der Waals surface area contributed by atoms with Crippen LogP contribution < -0.4 is 10.1 Å². The van der Waals surface area contributed by atoms with Gasteiger partial charge >= 0.3 is 0 Å². The van der Waals surface area contributed by atoms with E-state index in [9.17, 15) is 10.1 Å². The topological polar surface area (TPSA) is 62.1 Å². The number of benzene rings is 2. The zero-order chi connectivity index (χ0) is 17.7. The Morgan fingerprint density at radius 2 is 2.00 bits per heavy atom. The Labute approximate surface area is 153 Å². The molecule has 24 heavy (non-hydrogen) atoms. The van der Waals surface area contributed by atoms with Crippen molar-refractivity contribution in [2.45, 2.75) is 6.92 Å². The fourth-order valence-electron chi connectivity index (χ4n) is 1.99. The van der Waals surface area contributed by atoms with Crippen LogP contribution in [0.15, 0.2) is 46.4 Å². The maximum atomic E-state index is 12.4. The molecule has 0 unspecified atom stereocenters. The molecule has 1 N–H and O–H groups in total. The van der Waals surface area contributed by atoms with Crippen LogP contribution in [-0.4, -0.2) is 13.0 Å². The normalized spacial score (nSPS) is 10.9. The largest absolute Gasteiger partial charge is 0.495 e. The highest BCUT2D eigenvalue weighted by Crippen LogP contribution is 2.31. The van der Waals surface area contributed by atoms with Crippen molar-refractivity contribution in [1.82, 2.24) is 0 Å². The van der Waals surface area contributed by atoms with E-state index in [1.165, 1.54) is 13.2 Å². The van der Waals surface area contributed by atoms with E-state index in [0.29, 0.717) is 16.5 Å². The van der Waals surface area contributed by atoms with Crippen LogP contribution >= 0.6 is 27.5 Å². The van der Waals surface area contributed by atoms with Crippen LogP contribution in [0, 0.1) is 18.3 Å². The second-order valence-corrected chi connectivity index (χ2v) is 6.30. The number of hydrogen-bond donors (Lipinski definition) is 1. The average molecular weight is 406 g/mol. The lowest BCUT2D eigenvalue weighted by molar-refractivity contribution is -0.112. The number of carbonyl (C=O) groups is 1. The molecule has 0 spiro atoms. The van der Waals surface area contributed by atoms with E-state index >= 15 is 0 Å². The number of methoxy groups -OCH3 is 1. The summed E-state index contributed by atoms with van der Waals surface area (Å²) in [5.41, 5.74) is 2.00. The molecule has 0 aliphatic carbocycles. The Kier molecular flexibility index (Phi) is 6.02. The highest BCUT2D eigenvalue weighted by atomic mass is 79.9. The zero-order valence-electron chi connectivity index (χ0n) is 13.1. The van der Waals surface area contributed by atoms with Gasteiger partial charge in [0.1, 0.15) is 17.4 Å². The number of rotatable bonds is 4. The van der Waals surface area contributed by atoms with Crippen LogP contribution in [0.5, 0.6) is 5.75 Å². The molecular weight excluding hydrogens is 392 g/mol. The molecule has 0 atom stereocenters. The summed E-state index contributed by atoms with van der Waals surface area (Å²) < 4.78 is 6.14. The maximum Gasteiger partial charge on any atom is 0.266 e. The van der Waals surface area contributed by atoms with Gasteiger partial charge in [0.05, 0.1) is 12.8 Å². The summed E-state index contributed by atoms with van der Waals surface area (Å²) in [7, 11) is 1.49. The Hall–Kier alpha value is -2.29. The third-order valence-corrected chi connectivity index (χ3v) is 4.21. The van der Waals surface area contributed by atoms with Crippen LogP contribution in [0.4, 0.5) is 5.69 Å². The second-order valence-electron chi connectivity index (χ2n) is 4.98. The molecule has 122 valence electrons. The number of nitrogens with one attached hydrogen (secondary N) is 1. The second kappa shape index (κ2) is 8.00. The minimum absolute atomic E-state index is 0.00743. The number of aryl methyl sites for hydroxylation is 1. The molecule has 0 aliphatic heterocycles. The van der Waals surface area contributed by atoms with Crippen molar-refractivity contribution < 1.29 is 9.53 Å². The van der Waals surface area contributed by atoms with Gasteiger partial charge in [0.2, 0.25) is 0 Å². The van der Waals surface area contributed by atoms with E-state index in [-0.39, 0.29) is 5.57 Å². The number of halogens is 2. The number of ether oxygens (including phenoxy) is 1. The molecule has 0 fully saturated rings. The summed E-state index contributed by atoms with van der Waals surface area (Å²) in [6.45, 7) is 1.82. The molecule has 0 saturated heterocycles. The summed E-state index contributed by atoms with van der Waals surface area (Å²) in [6, 6.07) is 12.5. The van der Waals surface area contributed by atoms with E-state index in [4.69, 9.17) is 16.3 Å². The summed E-state index contributed by atoms with van der Waals surface area (Å²) in [5, 5.41) is 12.5. The van der Waals surface area contributed by atoms with Gasteiger partial charge in [-0.2, -0.15) is 5.26 Å². The Morgan fingerprint density at radius 1 is 1.33 bits per heavy atom. The molecule has 0 radical (unpaired) electrons. The zero-order valence-corrected chi connectivity index (χ0v) is 15.4. The standard InChI is InChI=1S/C18H14BrClN2O2/c1-11-7-16(17(24-2)9-15(11)20)22-18(23)13(10-21)8-12-3-5-14(19)6-4-12/h3-9H,1-2H3,(H,22,23)/b13-8+. The maximum absolute atomic E-state index is 12.4. The van der Waals surface area contributed by atoms with E-state index in [2.05, 4.69) is 21.2 Å². The molecule has 2 aromatic carbocycles. The predicted molar refractivity (Wildman–Crippen MR) is 99.1 cm³/mol. The smallest absolute Gasteiger partial charge is 0.266 e. The van der Waals surface area contributed by atoms with Gasteiger partial charge < -0.3 is 10.1 Å². The van der Waals surface area contributed by atoms with Gasteiger partial charge in [-0.1, -0.05) is 39.7 Å². The van der Waals surface area contributed by atoms with Crippen LogP contribution in [0.1, 0.15) is 11.1 Å². The number of nitriles is 1. The van der Waals surface area contributed by atoms with Gasteiger partial charge in [-0.05, 0) is 42.3 Å². The molecular formula is C18H14BrClN2O2. The van der Waals surface area contributed by atoms with E-state index in [1.807, 2.05) is 37.3 Å². The molecule has 0 bridgehead atoms. The van der Waals surface area contributed by atoms with Crippen molar-refractivity contribution >= 4 is 45.2 Å². The van der Waals surface area contributed by atoms with Crippen molar-refractivity contribution in [3.05, 3.63) is 62.6 Å². The summed E-state index contributed by atoms with van der Waals surface area (Å²) in [5.74, 6) is -0.0830. The first kappa shape index (κ1) is 18.1. The third kappa shape index (κ3) is 4.38. The Bertz CT molecular complexity index is 839. The monoisotopic (exact) mass is 404 g/mol. The molecule has 6 heteroatoms. The van der Waals surface area contributed by atoms with E-state index < -0.39 is 5.91 Å². The average Bonchev–Trinajstić information content (AvgIpc) is 2.57. The highest BCUT2D eigenvalue weighted by molar-refractivity contribution is 9.10. The van der Waals surface area contributed by atoms with Gasteiger partial charge in [-0.25, -0.2) is 0 Å². The molecule has 0 heterocycles. The van der Waals surface area contributed by atoms with Crippen molar-refractivity contribution in [1.29, 1.82) is 5.26 Å². The van der Waals surface area contributed by atoms with Gasteiger partial charge in [-0.3, -0.25) is 4.79 Å². The van der Waals surface area contributed by atoms with Crippen LogP contribution in [0.2, 0.25) is 5.02 Å². The molecule has 4 nitrogen and oxygen atoms in total. The fourth-order valence-corrected chi connectivity index (χ4v) is 2.41. The van der Waals surface area contributed by atoms with Crippen molar-refractivity contribution in [2.75, 3.05) is 12.4 Å². The quantitative estimate of drug-likeness (QED) is 0.577. The number of amides is 1. The first-order valence-electron chi connectivity index (χ1n) is 6.97. The first-order chi connectivity index (χ1) is 11.4. The van der Waals surface area contributed by atoms with Crippen molar-refractivity contribution in [3.8, 4) is 11.8 Å². The van der Waals surface area contributed by atoms with Crippen LogP contribution in [0.25, 0.3) is 6.08 Å². The van der Waals surface area contributed by atoms with Crippen molar-refractivity contribution in [2.24, 2.45) is 0 Å². The minimum atomic E-state index is -0.513. The molecule has 0 aromatic heterocycles. The van der Waals surface area contributed by atoms with E-state index in [1.54, 1.807) is 12.1 Å². The number of anilines is 1. The fraction of sp³-hybridized carbons (Fsp3) is 0.111. The first-order valence-corrected chi connectivity index (χ1v) is 8.14. The lowest BCUT2D eigenvalue weighted by Gasteiger charge is -2.12. The van der Waals surface area contributed by atoms with E-state index in [0.717, 1.165) is 15.6 Å².